The molecule has 0 aromatic carbocycles. The highest BCUT2D eigenvalue weighted by Gasteiger charge is 2.24. The van der Waals surface area contributed by atoms with E-state index in [2.05, 4.69) is 5.10 Å². The number of hydrogen-bond acceptors (Lipinski definition) is 4. The molecule has 0 atom stereocenters. The van der Waals surface area contributed by atoms with Crippen molar-refractivity contribution in [2.24, 2.45) is 0 Å². The fraction of sp³-hybridized carbons (Fsp3) is 0.692. The number of carbonyl (C=O) groups excluding carboxylic acids is 1. The maximum Gasteiger partial charge on any atom is 0.341 e. The summed E-state index contributed by atoms with van der Waals surface area (Å²) in [5.74, 6) is -0.345. The summed E-state index contributed by atoms with van der Waals surface area (Å²) in [6, 6.07) is 0. The predicted octanol–water partition coefficient (Wildman–Crippen LogP) is 2.35. The van der Waals surface area contributed by atoms with Crippen molar-refractivity contribution in [3.8, 4) is 0 Å². The Labute approximate surface area is 108 Å². The van der Waals surface area contributed by atoms with Crippen LogP contribution in [0, 0.1) is 0 Å². The number of carbonyl (C=O) groups is 1. The smallest absolute Gasteiger partial charge is 0.341 e. The van der Waals surface area contributed by atoms with Gasteiger partial charge >= 0.3 is 5.97 Å². The molecule has 1 heterocycles. The van der Waals surface area contributed by atoms with E-state index in [0.29, 0.717) is 25.4 Å². The number of aromatic nitrogens is 2. The average Bonchev–Trinajstić information content (AvgIpc) is 2.69. The first-order valence-corrected chi connectivity index (χ1v) is 6.24. The fourth-order valence-electron chi connectivity index (χ4n) is 1.67. The molecule has 0 aliphatic carbocycles. The van der Waals surface area contributed by atoms with Crippen LogP contribution in [0.2, 0.25) is 0 Å². The standard InChI is InChI=1S/C13H22N2O3/c1-6-17-9-11-10(12(16)18-7-2)8-14-15(11)13(3,4)5/h8H,6-7,9H2,1-5H3. The van der Waals surface area contributed by atoms with Gasteiger partial charge in [0, 0.05) is 6.61 Å². The van der Waals surface area contributed by atoms with E-state index in [9.17, 15) is 4.79 Å². The zero-order valence-corrected chi connectivity index (χ0v) is 11.8. The Morgan fingerprint density at radius 1 is 1.33 bits per heavy atom. The van der Waals surface area contributed by atoms with Gasteiger partial charge in [0.15, 0.2) is 0 Å². The van der Waals surface area contributed by atoms with E-state index in [1.807, 2.05) is 32.4 Å². The first-order valence-electron chi connectivity index (χ1n) is 6.24. The lowest BCUT2D eigenvalue weighted by Crippen LogP contribution is -2.26. The highest BCUT2D eigenvalue weighted by Crippen LogP contribution is 2.20. The number of nitrogens with zero attached hydrogens (tertiary/aromatic N) is 2. The van der Waals surface area contributed by atoms with Crippen molar-refractivity contribution in [2.45, 2.75) is 46.8 Å². The Balaban J connectivity index is 3.11. The Kier molecular flexibility index (Phi) is 4.90. The van der Waals surface area contributed by atoms with E-state index in [-0.39, 0.29) is 11.5 Å². The van der Waals surface area contributed by atoms with Gasteiger partial charge in [0.2, 0.25) is 0 Å². The normalized spacial score (nSPS) is 11.6. The largest absolute Gasteiger partial charge is 0.462 e. The monoisotopic (exact) mass is 254 g/mol. The van der Waals surface area contributed by atoms with Crippen LogP contribution < -0.4 is 0 Å². The van der Waals surface area contributed by atoms with Gasteiger partial charge in [-0.3, -0.25) is 4.68 Å². The van der Waals surface area contributed by atoms with E-state index in [0.717, 1.165) is 5.69 Å². The molecule has 5 nitrogen and oxygen atoms in total. The van der Waals surface area contributed by atoms with Gasteiger partial charge in [-0.05, 0) is 34.6 Å². The van der Waals surface area contributed by atoms with E-state index in [1.165, 1.54) is 0 Å². The van der Waals surface area contributed by atoms with Crippen LogP contribution in [0.4, 0.5) is 0 Å². The molecule has 0 bridgehead atoms. The molecular formula is C13H22N2O3. The Hall–Kier alpha value is -1.36. The van der Waals surface area contributed by atoms with Crippen LogP contribution in [0.3, 0.4) is 0 Å². The molecule has 0 saturated heterocycles. The zero-order chi connectivity index (χ0) is 13.8. The number of ether oxygens (including phenoxy) is 2. The molecule has 0 fully saturated rings. The summed E-state index contributed by atoms with van der Waals surface area (Å²) in [4.78, 5) is 11.8. The van der Waals surface area contributed by atoms with Crippen LogP contribution in [0.1, 0.15) is 50.7 Å². The number of rotatable bonds is 5. The van der Waals surface area contributed by atoms with Crippen LogP contribution in [0.25, 0.3) is 0 Å². The summed E-state index contributed by atoms with van der Waals surface area (Å²) in [7, 11) is 0. The molecule has 1 rings (SSSR count). The zero-order valence-electron chi connectivity index (χ0n) is 11.8. The fourth-order valence-corrected chi connectivity index (χ4v) is 1.67. The van der Waals surface area contributed by atoms with Crippen LogP contribution in [0.5, 0.6) is 0 Å². The second-order valence-electron chi connectivity index (χ2n) is 4.95. The molecule has 0 unspecified atom stereocenters. The summed E-state index contributed by atoms with van der Waals surface area (Å²) >= 11 is 0. The van der Waals surface area contributed by atoms with E-state index < -0.39 is 0 Å². The van der Waals surface area contributed by atoms with Gasteiger partial charge in [-0.2, -0.15) is 5.10 Å². The molecule has 0 amide bonds. The summed E-state index contributed by atoms with van der Waals surface area (Å²) < 4.78 is 12.3. The molecular weight excluding hydrogens is 232 g/mol. The molecule has 0 spiro atoms. The predicted molar refractivity (Wildman–Crippen MR) is 68.5 cm³/mol. The molecule has 102 valence electrons. The van der Waals surface area contributed by atoms with Crippen LogP contribution in [0.15, 0.2) is 6.20 Å². The van der Waals surface area contributed by atoms with Crippen molar-refractivity contribution in [1.82, 2.24) is 9.78 Å². The highest BCUT2D eigenvalue weighted by molar-refractivity contribution is 5.90. The van der Waals surface area contributed by atoms with Crippen molar-refractivity contribution in [3.05, 3.63) is 17.5 Å². The molecule has 0 N–H and O–H groups in total. The molecule has 0 saturated carbocycles. The van der Waals surface area contributed by atoms with Gasteiger partial charge in [0.05, 0.1) is 30.6 Å². The van der Waals surface area contributed by atoms with Gasteiger partial charge in [0.25, 0.3) is 0 Å². The second-order valence-corrected chi connectivity index (χ2v) is 4.95. The third-order valence-electron chi connectivity index (χ3n) is 2.44. The maximum atomic E-state index is 11.8. The van der Waals surface area contributed by atoms with Gasteiger partial charge in [-0.15, -0.1) is 0 Å². The summed E-state index contributed by atoms with van der Waals surface area (Å²) in [6.45, 7) is 11.1. The van der Waals surface area contributed by atoms with Crippen molar-refractivity contribution in [3.63, 3.8) is 0 Å². The van der Waals surface area contributed by atoms with Gasteiger partial charge in [0.1, 0.15) is 5.56 Å². The summed E-state index contributed by atoms with van der Waals surface area (Å²) in [6.07, 6.45) is 1.55. The third kappa shape index (κ3) is 3.32. The molecule has 1 aromatic heterocycles. The van der Waals surface area contributed by atoms with Gasteiger partial charge in [-0.1, -0.05) is 0 Å². The molecule has 0 radical (unpaired) electrons. The maximum absolute atomic E-state index is 11.8. The third-order valence-corrected chi connectivity index (χ3v) is 2.44. The second kappa shape index (κ2) is 6.00. The van der Waals surface area contributed by atoms with Crippen LogP contribution in [-0.4, -0.2) is 29.0 Å². The summed E-state index contributed by atoms with van der Waals surface area (Å²) in [5.41, 5.74) is 1.06. The van der Waals surface area contributed by atoms with Crippen LogP contribution >= 0.6 is 0 Å². The van der Waals surface area contributed by atoms with Crippen LogP contribution in [-0.2, 0) is 21.6 Å². The number of esters is 1. The minimum absolute atomic E-state index is 0.197. The minimum atomic E-state index is -0.345. The lowest BCUT2D eigenvalue weighted by atomic mass is 10.1. The SMILES string of the molecule is CCOCc1c(C(=O)OCC)cnn1C(C)(C)C. The van der Waals surface area contributed by atoms with Gasteiger partial charge < -0.3 is 9.47 Å². The number of hydrogen-bond donors (Lipinski definition) is 0. The quantitative estimate of drug-likeness (QED) is 0.757. The minimum Gasteiger partial charge on any atom is -0.462 e. The van der Waals surface area contributed by atoms with E-state index in [4.69, 9.17) is 9.47 Å². The average molecular weight is 254 g/mol. The molecule has 0 aliphatic heterocycles. The van der Waals surface area contributed by atoms with Crippen molar-refractivity contribution in [1.29, 1.82) is 0 Å². The highest BCUT2D eigenvalue weighted by atomic mass is 16.5. The first-order chi connectivity index (χ1) is 8.41. The first kappa shape index (κ1) is 14.7. The van der Waals surface area contributed by atoms with E-state index in [1.54, 1.807) is 13.1 Å². The lowest BCUT2D eigenvalue weighted by molar-refractivity contribution is 0.0517. The van der Waals surface area contributed by atoms with E-state index >= 15 is 0 Å². The molecule has 5 heteroatoms. The molecule has 0 aliphatic rings. The summed E-state index contributed by atoms with van der Waals surface area (Å²) in [5, 5.41) is 4.28. The van der Waals surface area contributed by atoms with Crippen molar-refractivity contribution < 1.29 is 14.3 Å². The Morgan fingerprint density at radius 2 is 2.00 bits per heavy atom. The molecule has 18 heavy (non-hydrogen) atoms. The topological polar surface area (TPSA) is 53.4 Å². The van der Waals surface area contributed by atoms with Crippen molar-refractivity contribution >= 4 is 5.97 Å². The Bertz CT molecular complexity index is 405. The van der Waals surface area contributed by atoms with Crippen molar-refractivity contribution in [2.75, 3.05) is 13.2 Å². The Morgan fingerprint density at radius 3 is 2.50 bits per heavy atom. The lowest BCUT2D eigenvalue weighted by Gasteiger charge is -2.22. The van der Waals surface area contributed by atoms with Gasteiger partial charge in [-0.25, -0.2) is 4.79 Å². The molecule has 1 aromatic rings.